The van der Waals surface area contributed by atoms with Crippen LogP contribution in [-0.2, 0) is 14.4 Å². The van der Waals surface area contributed by atoms with E-state index in [9.17, 15) is 14.4 Å². The zero-order valence-corrected chi connectivity index (χ0v) is 12.3. The van der Waals surface area contributed by atoms with Crippen LogP contribution in [0.2, 0.25) is 0 Å². The molecule has 0 unspecified atom stereocenters. The van der Waals surface area contributed by atoms with Gasteiger partial charge in [0.15, 0.2) is 0 Å². The number of carboxylic acid groups (broad SMARTS) is 1. The van der Waals surface area contributed by atoms with E-state index in [0.717, 1.165) is 32.1 Å². The second-order valence-corrected chi connectivity index (χ2v) is 6.76. The van der Waals surface area contributed by atoms with Gasteiger partial charge in [0.2, 0.25) is 11.8 Å². The van der Waals surface area contributed by atoms with Crippen LogP contribution in [-0.4, -0.2) is 33.3 Å². The topological polar surface area (TPSA) is 74.7 Å². The number of hydrogen-bond donors (Lipinski definition) is 1. The van der Waals surface area contributed by atoms with Crippen molar-refractivity contribution in [3.8, 4) is 0 Å². The molecule has 1 saturated heterocycles. The highest BCUT2D eigenvalue weighted by Gasteiger charge is 2.55. The molecule has 1 aliphatic carbocycles. The van der Waals surface area contributed by atoms with Gasteiger partial charge in [-0.1, -0.05) is 19.3 Å². The predicted molar refractivity (Wildman–Crippen MR) is 72.9 cm³/mol. The minimum Gasteiger partial charge on any atom is -0.481 e. The lowest BCUT2D eigenvalue weighted by atomic mass is 9.73. The summed E-state index contributed by atoms with van der Waals surface area (Å²) in [4.78, 5) is 37.1. The van der Waals surface area contributed by atoms with Gasteiger partial charge >= 0.3 is 5.97 Å². The molecule has 20 heavy (non-hydrogen) atoms. The Morgan fingerprint density at radius 3 is 2.40 bits per heavy atom. The molecule has 0 radical (unpaired) electrons. The van der Waals surface area contributed by atoms with Crippen LogP contribution in [0.25, 0.3) is 0 Å². The first kappa shape index (κ1) is 15.0. The molecule has 2 aliphatic rings. The number of likely N-dealkylation sites (tertiary alicyclic amines) is 1. The number of nitrogens with zero attached hydrogens (tertiary/aromatic N) is 1. The molecule has 0 aromatic heterocycles. The number of hydrogen-bond acceptors (Lipinski definition) is 3. The molecule has 1 saturated carbocycles. The van der Waals surface area contributed by atoms with E-state index in [1.165, 1.54) is 4.90 Å². The average Bonchev–Trinajstić information content (AvgIpc) is 2.60. The number of carbonyl (C=O) groups is 3. The first-order chi connectivity index (χ1) is 9.28. The molecule has 1 N–H and O–H groups in total. The third-order valence-corrected chi connectivity index (χ3v) is 4.76. The summed E-state index contributed by atoms with van der Waals surface area (Å²) >= 11 is 0. The average molecular weight is 281 g/mol. The van der Waals surface area contributed by atoms with Gasteiger partial charge in [-0.2, -0.15) is 0 Å². The Kier molecular flexibility index (Phi) is 3.89. The number of carbonyl (C=O) groups excluding carboxylic acids is 2. The summed E-state index contributed by atoms with van der Waals surface area (Å²) < 4.78 is 0. The Bertz CT molecular complexity index is 435. The van der Waals surface area contributed by atoms with Gasteiger partial charge in [-0.15, -0.1) is 0 Å². The molecule has 2 fully saturated rings. The van der Waals surface area contributed by atoms with Crippen LogP contribution < -0.4 is 0 Å². The van der Waals surface area contributed by atoms with E-state index in [1.54, 1.807) is 13.8 Å². The molecule has 2 amide bonds. The van der Waals surface area contributed by atoms with Gasteiger partial charge < -0.3 is 5.11 Å². The van der Waals surface area contributed by atoms with Crippen LogP contribution in [0, 0.1) is 5.41 Å². The normalized spacial score (nSPS) is 22.6. The molecule has 1 heterocycles. The van der Waals surface area contributed by atoms with Crippen molar-refractivity contribution in [2.45, 2.75) is 70.8 Å². The minimum atomic E-state index is -0.899. The summed E-state index contributed by atoms with van der Waals surface area (Å²) in [6, 6.07) is 0. The minimum absolute atomic E-state index is 0.0307. The first-order valence-corrected chi connectivity index (χ1v) is 7.38. The summed E-state index contributed by atoms with van der Waals surface area (Å²) in [6.45, 7) is 3.57. The van der Waals surface area contributed by atoms with Gasteiger partial charge in [0.25, 0.3) is 0 Å². The van der Waals surface area contributed by atoms with Crippen LogP contribution >= 0.6 is 0 Å². The van der Waals surface area contributed by atoms with E-state index >= 15 is 0 Å². The van der Waals surface area contributed by atoms with E-state index in [4.69, 9.17) is 5.11 Å². The lowest BCUT2D eigenvalue weighted by Crippen LogP contribution is -2.49. The van der Waals surface area contributed by atoms with Crippen molar-refractivity contribution in [2.75, 3.05) is 0 Å². The Morgan fingerprint density at radius 1 is 1.25 bits per heavy atom. The molecule has 0 aromatic carbocycles. The molecule has 1 aliphatic heterocycles. The van der Waals surface area contributed by atoms with Gasteiger partial charge in [-0.3, -0.25) is 19.3 Å². The van der Waals surface area contributed by atoms with Gasteiger partial charge in [0.05, 0.1) is 5.41 Å². The SMILES string of the molecule is CC(C)(CCC(=O)O)N1C(=O)CC2(CCCCC2)C1=O. The molecule has 5 nitrogen and oxygen atoms in total. The summed E-state index contributed by atoms with van der Waals surface area (Å²) in [5.41, 5.74) is -1.21. The third-order valence-electron chi connectivity index (χ3n) is 4.76. The van der Waals surface area contributed by atoms with Crippen molar-refractivity contribution in [3.63, 3.8) is 0 Å². The van der Waals surface area contributed by atoms with Crippen molar-refractivity contribution in [2.24, 2.45) is 5.41 Å². The van der Waals surface area contributed by atoms with E-state index in [-0.39, 0.29) is 18.2 Å². The summed E-state index contributed by atoms with van der Waals surface area (Å²) in [6.07, 6.45) is 5.30. The first-order valence-electron chi connectivity index (χ1n) is 7.38. The summed E-state index contributed by atoms with van der Waals surface area (Å²) in [5.74, 6) is -1.10. The molecule has 1 spiro atoms. The molecule has 2 rings (SSSR count). The van der Waals surface area contributed by atoms with Crippen molar-refractivity contribution in [1.82, 2.24) is 4.90 Å². The molecule has 0 bridgehead atoms. The number of carboxylic acids is 1. The number of rotatable bonds is 4. The second kappa shape index (κ2) is 5.19. The highest BCUT2D eigenvalue weighted by atomic mass is 16.4. The third kappa shape index (κ3) is 2.58. The Morgan fingerprint density at radius 2 is 1.85 bits per heavy atom. The maximum atomic E-state index is 12.7. The lowest BCUT2D eigenvalue weighted by Gasteiger charge is -2.37. The second-order valence-electron chi connectivity index (χ2n) is 6.76. The lowest BCUT2D eigenvalue weighted by molar-refractivity contribution is -0.150. The van der Waals surface area contributed by atoms with E-state index in [2.05, 4.69) is 0 Å². The standard InChI is InChI=1S/C15H23NO4/c1-14(2,9-6-12(18)19)16-11(17)10-15(13(16)20)7-4-3-5-8-15/h3-10H2,1-2H3,(H,18,19). The molecule has 112 valence electrons. The van der Waals surface area contributed by atoms with E-state index < -0.39 is 16.9 Å². The van der Waals surface area contributed by atoms with Gasteiger partial charge in [0.1, 0.15) is 0 Å². The van der Waals surface area contributed by atoms with Crippen molar-refractivity contribution in [1.29, 1.82) is 0 Å². The summed E-state index contributed by atoms with van der Waals surface area (Å²) in [7, 11) is 0. The van der Waals surface area contributed by atoms with Crippen LogP contribution in [0.1, 0.15) is 65.2 Å². The highest BCUT2D eigenvalue weighted by molar-refractivity contribution is 6.06. The summed E-state index contributed by atoms with van der Waals surface area (Å²) in [5, 5.41) is 8.81. The van der Waals surface area contributed by atoms with E-state index in [1.807, 2.05) is 0 Å². The Hall–Kier alpha value is -1.39. The molecular weight excluding hydrogens is 258 g/mol. The van der Waals surface area contributed by atoms with Gasteiger partial charge in [-0.25, -0.2) is 0 Å². The number of imide groups is 1. The quantitative estimate of drug-likeness (QED) is 0.803. The van der Waals surface area contributed by atoms with Crippen LogP contribution in [0.3, 0.4) is 0 Å². The van der Waals surface area contributed by atoms with Crippen molar-refractivity contribution < 1.29 is 19.5 Å². The van der Waals surface area contributed by atoms with Gasteiger partial charge in [-0.05, 0) is 33.1 Å². The zero-order valence-electron chi connectivity index (χ0n) is 12.3. The highest BCUT2D eigenvalue weighted by Crippen LogP contribution is 2.47. The van der Waals surface area contributed by atoms with Crippen molar-refractivity contribution >= 4 is 17.8 Å². The van der Waals surface area contributed by atoms with Crippen LogP contribution in [0.15, 0.2) is 0 Å². The van der Waals surface area contributed by atoms with E-state index in [0.29, 0.717) is 12.8 Å². The fourth-order valence-electron chi connectivity index (χ4n) is 3.55. The molecule has 5 heteroatoms. The molecular formula is C15H23NO4. The van der Waals surface area contributed by atoms with Crippen LogP contribution in [0.4, 0.5) is 0 Å². The fraction of sp³-hybridized carbons (Fsp3) is 0.800. The maximum Gasteiger partial charge on any atom is 0.303 e. The van der Waals surface area contributed by atoms with Gasteiger partial charge in [0, 0.05) is 18.4 Å². The van der Waals surface area contributed by atoms with Crippen molar-refractivity contribution in [3.05, 3.63) is 0 Å². The maximum absolute atomic E-state index is 12.7. The smallest absolute Gasteiger partial charge is 0.303 e. The molecule has 0 aromatic rings. The Labute approximate surface area is 119 Å². The molecule has 0 atom stereocenters. The zero-order chi connectivity index (χ0) is 15.0. The fourth-order valence-corrected chi connectivity index (χ4v) is 3.55. The largest absolute Gasteiger partial charge is 0.481 e. The number of amides is 2. The number of aliphatic carboxylic acids is 1. The monoisotopic (exact) mass is 281 g/mol. The Balaban J connectivity index is 2.17. The predicted octanol–water partition coefficient (Wildman–Crippen LogP) is 2.34. The van der Waals surface area contributed by atoms with Crippen LogP contribution in [0.5, 0.6) is 0 Å².